The molecule has 0 unspecified atom stereocenters. The Kier molecular flexibility index (Phi) is 6.02. The number of aliphatic hydroxyl groups is 1. The van der Waals surface area contributed by atoms with Crippen LogP contribution in [0.3, 0.4) is 0 Å². The summed E-state index contributed by atoms with van der Waals surface area (Å²) in [5.41, 5.74) is 3.38. The number of nitrogens with zero attached hydrogens (tertiary/aromatic N) is 1. The Morgan fingerprint density at radius 3 is 2.76 bits per heavy atom. The monoisotopic (exact) mass is 396 g/mol. The summed E-state index contributed by atoms with van der Waals surface area (Å²) in [6.45, 7) is 2.26. The number of aliphatic hydroxyl groups excluding tert-OH is 1. The van der Waals surface area contributed by atoms with Gasteiger partial charge in [-0.15, -0.1) is 0 Å². The van der Waals surface area contributed by atoms with E-state index in [1.54, 1.807) is 7.11 Å². The van der Waals surface area contributed by atoms with Gasteiger partial charge in [-0.25, -0.2) is 0 Å². The standard InChI is InChI=1S/C23H28N2O4/c1-28-21-12-16(8-9-20(21)29-15-22(27)25-10-4-5-11-25)14-24-23-18-7-3-2-6-17(18)13-19(23)26/h2-3,6-9,12,19,23-24,26H,4-5,10-11,13-15H2,1H3/t19-,23+/m1/s1. The van der Waals surface area contributed by atoms with E-state index >= 15 is 0 Å². The maximum Gasteiger partial charge on any atom is 0.260 e. The fraction of sp³-hybridized carbons (Fsp3) is 0.435. The van der Waals surface area contributed by atoms with Gasteiger partial charge < -0.3 is 24.8 Å². The molecule has 2 aromatic rings. The van der Waals surface area contributed by atoms with E-state index in [-0.39, 0.29) is 18.6 Å². The lowest BCUT2D eigenvalue weighted by atomic mass is 10.1. The van der Waals surface area contributed by atoms with E-state index in [9.17, 15) is 9.90 Å². The fourth-order valence-electron chi connectivity index (χ4n) is 4.19. The van der Waals surface area contributed by atoms with Crippen molar-refractivity contribution < 1.29 is 19.4 Å². The summed E-state index contributed by atoms with van der Waals surface area (Å²) in [5, 5.41) is 13.9. The van der Waals surface area contributed by atoms with Crippen molar-refractivity contribution in [3.8, 4) is 11.5 Å². The summed E-state index contributed by atoms with van der Waals surface area (Å²) in [5.74, 6) is 1.19. The van der Waals surface area contributed by atoms with Crippen LogP contribution in [-0.4, -0.2) is 48.8 Å². The van der Waals surface area contributed by atoms with Gasteiger partial charge in [0, 0.05) is 26.1 Å². The molecule has 2 aromatic carbocycles. The topological polar surface area (TPSA) is 71.0 Å². The van der Waals surface area contributed by atoms with E-state index in [1.165, 1.54) is 5.56 Å². The third-order valence-corrected chi connectivity index (χ3v) is 5.77. The second-order valence-corrected chi connectivity index (χ2v) is 7.69. The van der Waals surface area contributed by atoms with Gasteiger partial charge in [0.1, 0.15) is 0 Å². The van der Waals surface area contributed by atoms with Crippen molar-refractivity contribution in [1.29, 1.82) is 0 Å². The number of benzene rings is 2. The summed E-state index contributed by atoms with van der Waals surface area (Å²) in [6.07, 6.45) is 2.39. The molecule has 29 heavy (non-hydrogen) atoms. The number of nitrogens with one attached hydrogen (secondary N) is 1. The number of carbonyl (C=O) groups excluding carboxylic acids is 1. The number of hydrogen-bond donors (Lipinski definition) is 2. The molecular formula is C23H28N2O4. The fourth-order valence-corrected chi connectivity index (χ4v) is 4.19. The van der Waals surface area contributed by atoms with Gasteiger partial charge in [0.05, 0.1) is 19.3 Å². The minimum atomic E-state index is -0.423. The van der Waals surface area contributed by atoms with Gasteiger partial charge in [0.15, 0.2) is 18.1 Å². The van der Waals surface area contributed by atoms with E-state index in [4.69, 9.17) is 9.47 Å². The van der Waals surface area contributed by atoms with Crippen molar-refractivity contribution in [3.63, 3.8) is 0 Å². The molecule has 154 valence electrons. The van der Waals surface area contributed by atoms with Crippen LogP contribution in [0.2, 0.25) is 0 Å². The number of rotatable bonds is 7. The van der Waals surface area contributed by atoms with Crippen LogP contribution in [-0.2, 0) is 17.8 Å². The molecule has 2 atom stereocenters. The molecular weight excluding hydrogens is 368 g/mol. The highest BCUT2D eigenvalue weighted by Gasteiger charge is 2.30. The van der Waals surface area contributed by atoms with Crippen LogP contribution in [0.1, 0.15) is 35.6 Å². The molecule has 1 amide bonds. The minimum Gasteiger partial charge on any atom is -0.493 e. The lowest BCUT2D eigenvalue weighted by Gasteiger charge is -2.19. The van der Waals surface area contributed by atoms with Crippen molar-refractivity contribution >= 4 is 5.91 Å². The SMILES string of the molecule is COc1cc(CN[C@H]2c3ccccc3C[C@H]2O)ccc1OCC(=O)N1CCCC1. The molecule has 0 aromatic heterocycles. The minimum absolute atomic E-state index is 0.0178. The van der Waals surface area contributed by atoms with Crippen LogP contribution in [0.5, 0.6) is 11.5 Å². The number of carbonyl (C=O) groups is 1. The van der Waals surface area contributed by atoms with Gasteiger partial charge in [-0.2, -0.15) is 0 Å². The zero-order valence-corrected chi connectivity index (χ0v) is 16.8. The summed E-state index contributed by atoms with van der Waals surface area (Å²) in [4.78, 5) is 14.0. The van der Waals surface area contributed by atoms with Gasteiger partial charge in [-0.1, -0.05) is 30.3 Å². The van der Waals surface area contributed by atoms with Crippen molar-refractivity contribution in [1.82, 2.24) is 10.2 Å². The van der Waals surface area contributed by atoms with Gasteiger partial charge in [0.25, 0.3) is 5.91 Å². The number of ether oxygens (including phenoxy) is 2. The quantitative estimate of drug-likeness (QED) is 0.752. The van der Waals surface area contributed by atoms with E-state index in [0.717, 1.165) is 37.1 Å². The first-order valence-electron chi connectivity index (χ1n) is 10.2. The smallest absolute Gasteiger partial charge is 0.260 e. The third kappa shape index (κ3) is 4.38. The van der Waals surface area contributed by atoms with Crippen LogP contribution in [0.25, 0.3) is 0 Å². The summed E-state index contributed by atoms with van der Waals surface area (Å²) >= 11 is 0. The molecule has 4 rings (SSSR count). The number of methoxy groups -OCH3 is 1. The van der Waals surface area contributed by atoms with Gasteiger partial charge in [-0.05, 0) is 41.7 Å². The Bertz CT molecular complexity index is 864. The van der Waals surface area contributed by atoms with E-state index in [1.807, 2.05) is 35.2 Å². The van der Waals surface area contributed by atoms with Crippen molar-refractivity contribution in [2.45, 2.75) is 38.0 Å². The van der Waals surface area contributed by atoms with Crippen LogP contribution in [0, 0.1) is 0 Å². The Hall–Kier alpha value is -2.57. The molecule has 1 aliphatic carbocycles. The van der Waals surface area contributed by atoms with Gasteiger partial charge in [0.2, 0.25) is 0 Å². The molecule has 1 fully saturated rings. The molecule has 1 aliphatic heterocycles. The molecule has 6 nitrogen and oxygen atoms in total. The molecule has 1 heterocycles. The zero-order valence-electron chi connectivity index (χ0n) is 16.8. The third-order valence-electron chi connectivity index (χ3n) is 5.77. The summed E-state index contributed by atoms with van der Waals surface area (Å²) in [6, 6.07) is 13.8. The van der Waals surface area contributed by atoms with Gasteiger partial charge >= 0.3 is 0 Å². The molecule has 2 aliphatic rings. The maximum absolute atomic E-state index is 12.2. The first kappa shape index (κ1) is 19.7. The zero-order chi connectivity index (χ0) is 20.2. The number of fused-ring (bicyclic) bond motifs is 1. The number of likely N-dealkylation sites (tertiary alicyclic amines) is 1. The van der Waals surface area contributed by atoms with E-state index in [2.05, 4.69) is 17.4 Å². The van der Waals surface area contributed by atoms with Crippen LogP contribution >= 0.6 is 0 Å². The Morgan fingerprint density at radius 1 is 1.17 bits per heavy atom. The first-order chi connectivity index (χ1) is 14.2. The lowest BCUT2D eigenvalue weighted by Crippen LogP contribution is -2.32. The molecule has 1 saturated heterocycles. The molecule has 2 N–H and O–H groups in total. The lowest BCUT2D eigenvalue weighted by molar-refractivity contribution is -0.132. The van der Waals surface area contributed by atoms with E-state index < -0.39 is 6.10 Å². The predicted octanol–water partition coefficient (Wildman–Crippen LogP) is 2.44. The molecule has 0 spiro atoms. The summed E-state index contributed by atoms with van der Waals surface area (Å²) in [7, 11) is 1.60. The second kappa shape index (κ2) is 8.84. The highest BCUT2D eigenvalue weighted by Crippen LogP contribution is 2.32. The number of hydrogen-bond acceptors (Lipinski definition) is 5. The average molecular weight is 396 g/mol. The Labute approximate surface area is 171 Å². The largest absolute Gasteiger partial charge is 0.493 e. The van der Waals surface area contributed by atoms with Crippen LogP contribution < -0.4 is 14.8 Å². The average Bonchev–Trinajstić information content (AvgIpc) is 3.38. The molecule has 0 saturated carbocycles. The van der Waals surface area contributed by atoms with Crippen molar-refractivity contribution in [2.24, 2.45) is 0 Å². The number of amides is 1. The first-order valence-corrected chi connectivity index (χ1v) is 10.2. The predicted molar refractivity (Wildman–Crippen MR) is 110 cm³/mol. The van der Waals surface area contributed by atoms with Crippen LogP contribution in [0.4, 0.5) is 0 Å². The summed E-state index contributed by atoms with van der Waals surface area (Å²) < 4.78 is 11.2. The Balaban J connectivity index is 1.37. The van der Waals surface area contributed by atoms with Crippen molar-refractivity contribution in [3.05, 3.63) is 59.2 Å². The van der Waals surface area contributed by atoms with E-state index in [0.29, 0.717) is 24.5 Å². The second-order valence-electron chi connectivity index (χ2n) is 7.69. The Morgan fingerprint density at radius 2 is 1.97 bits per heavy atom. The molecule has 0 bridgehead atoms. The van der Waals surface area contributed by atoms with Crippen LogP contribution in [0.15, 0.2) is 42.5 Å². The molecule has 6 heteroatoms. The van der Waals surface area contributed by atoms with Gasteiger partial charge in [-0.3, -0.25) is 4.79 Å². The highest BCUT2D eigenvalue weighted by molar-refractivity contribution is 5.78. The molecule has 0 radical (unpaired) electrons. The van der Waals surface area contributed by atoms with Crippen molar-refractivity contribution in [2.75, 3.05) is 26.8 Å². The maximum atomic E-state index is 12.2. The highest BCUT2D eigenvalue weighted by atomic mass is 16.5. The normalized spacial score (nSPS) is 20.6.